The molecule has 0 aromatic heterocycles. The summed E-state index contributed by atoms with van der Waals surface area (Å²) in [6, 6.07) is 12.4. The van der Waals surface area contributed by atoms with E-state index in [0.717, 1.165) is 5.39 Å². The second-order valence-corrected chi connectivity index (χ2v) is 5.81. The zero-order valence-corrected chi connectivity index (χ0v) is 10.3. The van der Waals surface area contributed by atoms with Gasteiger partial charge in [-0.2, -0.15) is 0 Å². The first-order chi connectivity index (χ1) is 8.65. The highest BCUT2D eigenvalue weighted by molar-refractivity contribution is 7.91. The molecule has 0 bridgehead atoms. The Labute approximate surface area is 105 Å². The third-order valence-electron chi connectivity index (χ3n) is 2.60. The van der Waals surface area contributed by atoms with Crippen molar-refractivity contribution in [3.8, 4) is 0 Å². The fourth-order valence-corrected chi connectivity index (χ4v) is 3.10. The van der Waals surface area contributed by atoms with E-state index >= 15 is 0 Å². The van der Waals surface area contributed by atoms with Crippen LogP contribution in [-0.2, 0) is 19.4 Å². The SMILES string of the molecule is O=[C]OCCS(=O)(=O)c1cccc2ccccc12. The molecule has 0 aliphatic rings. The number of benzene rings is 2. The smallest absolute Gasteiger partial charge is 0.417 e. The minimum Gasteiger partial charge on any atom is -0.456 e. The Morgan fingerprint density at radius 1 is 1.06 bits per heavy atom. The quantitative estimate of drug-likeness (QED) is 0.770. The third kappa shape index (κ3) is 2.51. The highest BCUT2D eigenvalue weighted by Crippen LogP contribution is 2.23. The van der Waals surface area contributed by atoms with Crippen LogP contribution in [0.15, 0.2) is 47.4 Å². The summed E-state index contributed by atoms with van der Waals surface area (Å²) in [6.07, 6.45) is 0. The van der Waals surface area contributed by atoms with Gasteiger partial charge < -0.3 is 4.74 Å². The van der Waals surface area contributed by atoms with E-state index in [1.807, 2.05) is 18.2 Å². The van der Waals surface area contributed by atoms with Crippen LogP contribution in [0.1, 0.15) is 0 Å². The van der Waals surface area contributed by atoms with Crippen molar-refractivity contribution >= 4 is 27.1 Å². The lowest BCUT2D eigenvalue weighted by molar-refractivity contribution is 0.297. The van der Waals surface area contributed by atoms with Gasteiger partial charge in [-0.3, -0.25) is 0 Å². The van der Waals surface area contributed by atoms with Gasteiger partial charge in [0.15, 0.2) is 9.84 Å². The Balaban J connectivity index is 2.44. The normalized spacial score (nSPS) is 11.3. The molecule has 4 nitrogen and oxygen atoms in total. The molecule has 0 amide bonds. The predicted molar refractivity (Wildman–Crippen MR) is 67.6 cm³/mol. The number of rotatable bonds is 5. The molecule has 0 aliphatic carbocycles. The van der Waals surface area contributed by atoms with Gasteiger partial charge in [-0.25, -0.2) is 13.2 Å². The minimum absolute atomic E-state index is 0.185. The molecular weight excluding hydrogens is 252 g/mol. The maximum atomic E-state index is 12.1. The largest absolute Gasteiger partial charge is 0.456 e. The van der Waals surface area contributed by atoms with Crippen molar-refractivity contribution in [2.45, 2.75) is 4.90 Å². The summed E-state index contributed by atoms with van der Waals surface area (Å²) in [7, 11) is -3.46. The summed E-state index contributed by atoms with van der Waals surface area (Å²) < 4.78 is 28.5. The number of hydrogen-bond donors (Lipinski definition) is 0. The van der Waals surface area contributed by atoms with Gasteiger partial charge in [-0.05, 0) is 11.5 Å². The molecule has 5 heteroatoms. The summed E-state index contributed by atoms with van der Waals surface area (Å²) in [5.41, 5.74) is 0. The van der Waals surface area contributed by atoms with Gasteiger partial charge in [0.05, 0.1) is 10.6 Å². The van der Waals surface area contributed by atoms with E-state index in [4.69, 9.17) is 0 Å². The summed E-state index contributed by atoms with van der Waals surface area (Å²) in [5.74, 6) is -0.240. The molecule has 0 aliphatic heterocycles. The van der Waals surface area contributed by atoms with Crippen molar-refractivity contribution in [1.29, 1.82) is 0 Å². The van der Waals surface area contributed by atoms with E-state index in [9.17, 15) is 13.2 Å². The summed E-state index contributed by atoms with van der Waals surface area (Å²) in [6.45, 7) is 1.03. The van der Waals surface area contributed by atoms with Crippen molar-refractivity contribution in [1.82, 2.24) is 0 Å². The first-order valence-electron chi connectivity index (χ1n) is 5.34. The first kappa shape index (κ1) is 12.6. The van der Waals surface area contributed by atoms with Crippen LogP contribution in [-0.4, -0.2) is 27.2 Å². The second kappa shape index (κ2) is 5.18. The van der Waals surface area contributed by atoms with E-state index in [-0.39, 0.29) is 17.3 Å². The summed E-state index contributed by atoms with van der Waals surface area (Å²) >= 11 is 0. The number of ether oxygens (including phenoxy) is 1. The molecule has 2 aromatic rings. The van der Waals surface area contributed by atoms with E-state index in [1.165, 1.54) is 6.47 Å². The maximum absolute atomic E-state index is 12.1. The fourth-order valence-electron chi connectivity index (χ4n) is 1.77. The molecule has 0 unspecified atom stereocenters. The number of sulfone groups is 1. The van der Waals surface area contributed by atoms with Gasteiger partial charge in [-0.15, -0.1) is 0 Å². The standard InChI is InChI=1S/C13H11O4S/c14-10-17-8-9-18(15,16)13-7-3-5-11-4-1-2-6-12(11)13/h1-7H,8-9H2. The zero-order chi connectivity index (χ0) is 13.0. The van der Waals surface area contributed by atoms with Gasteiger partial charge in [-0.1, -0.05) is 36.4 Å². The van der Waals surface area contributed by atoms with Crippen LogP contribution in [0, 0.1) is 0 Å². The Morgan fingerprint density at radius 3 is 2.56 bits per heavy atom. The highest BCUT2D eigenvalue weighted by atomic mass is 32.2. The zero-order valence-electron chi connectivity index (χ0n) is 9.50. The predicted octanol–water partition coefficient (Wildman–Crippen LogP) is 1.70. The first-order valence-corrected chi connectivity index (χ1v) is 7.00. The average molecular weight is 263 g/mol. The lowest BCUT2D eigenvalue weighted by Gasteiger charge is -2.07. The molecule has 0 saturated heterocycles. The van der Waals surface area contributed by atoms with Crippen LogP contribution >= 0.6 is 0 Å². The molecular formula is C13H11O4S. The number of hydrogen-bond acceptors (Lipinski definition) is 4. The molecule has 0 saturated carbocycles. The second-order valence-electron chi connectivity index (χ2n) is 3.73. The molecule has 0 heterocycles. The molecule has 93 valence electrons. The molecule has 1 radical (unpaired) electrons. The van der Waals surface area contributed by atoms with E-state index < -0.39 is 9.84 Å². The van der Waals surface area contributed by atoms with Gasteiger partial charge in [0.2, 0.25) is 0 Å². The van der Waals surface area contributed by atoms with Gasteiger partial charge in [0.1, 0.15) is 6.61 Å². The van der Waals surface area contributed by atoms with Crippen molar-refractivity contribution < 1.29 is 17.9 Å². The highest BCUT2D eigenvalue weighted by Gasteiger charge is 2.17. The van der Waals surface area contributed by atoms with Gasteiger partial charge in [0, 0.05) is 5.39 Å². The van der Waals surface area contributed by atoms with Crippen molar-refractivity contribution in [2.75, 3.05) is 12.4 Å². The molecule has 0 spiro atoms. The van der Waals surface area contributed by atoms with Gasteiger partial charge in [0.25, 0.3) is 0 Å². The van der Waals surface area contributed by atoms with E-state index in [1.54, 1.807) is 24.3 Å². The third-order valence-corrected chi connectivity index (χ3v) is 4.33. The Bertz CT molecular complexity index is 656. The Morgan fingerprint density at radius 2 is 1.78 bits per heavy atom. The average Bonchev–Trinajstić information content (AvgIpc) is 2.38. The number of carbonyl (C=O) groups excluding carboxylic acids is 1. The molecule has 18 heavy (non-hydrogen) atoms. The number of fused-ring (bicyclic) bond motifs is 1. The fraction of sp³-hybridized carbons (Fsp3) is 0.154. The monoisotopic (exact) mass is 263 g/mol. The molecule has 0 fully saturated rings. The summed E-state index contributed by atoms with van der Waals surface area (Å²) in [5, 5.41) is 1.54. The molecule has 0 N–H and O–H groups in total. The molecule has 2 aromatic carbocycles. The van der Waals surface area contributed by atoms with Crippen LogP contribution in [0.4, 0.5) is 0 Å². The topological polar surface area (TPSA) is 60.4 Å². The van der Waals surface area contributed by atoms with E-state index in [0.29, 0.717) is 5.39 Å². The van der Waals surface area contributed by atoms with Crippen molar-refractivity contribution in [2.24, 2.45) is 0 Å². The molecule has 2 rings (SSSR count). The Kier molecular flexibility index (Phi) is 3.62. The van der Waals surface area contributed by atoms with Crippen molar-refractivity contribution in [3.63, 3.8) is 0 Å². The van der Waals surface area contributed by atoms with Crippen molar-refractivity contribution in [3.05, 3.63) is 42.5 Å². The lowest BCUT2D eigenvalue weighted by atomic mass is 10.1. The van der Waals surface area contributed by atoms with Crippen LogP contribution in [0.5, 0.6) is 0 Å². The van der Waals surface area contributed by atoms with Crippen LogP contribution < -0.4 is 0 Å². The van der Waals surface area contributed by atoms with Gasteiger partial charge >= 0.3 is 6.47 Å². The Hall–Kier alpha value is -1.88. The van der Waals surface area contributed by atoms with Crippen LogP contribution in [0.2, 0.25) is 0 Å². The van der Waals surface area contributed by atoms with Crippen LogP contribution in [0.3, 0.4) is 0 Å². The lowest BCUT2D eigenvalue weighted by Crippen LogP contribution is -2.12. The maximum Gasteiger partial charge on any atom is 0.417 e. The summed E-state index contributed by atoms with van der Waals surface area (Å²) in [4.78, 5) is 10.2. The van der Waals surface area contributed by atoms with E-state index in [2.05, 4.69) is 4.74 Å². The van der Waals surface area contributed by atoms with Crippen LogP contribution in [0.25, 0.3) is 10.8 Å². The molecule has 0 atom stereocenters. The minimum atomic E-state index is -3.46.